The molecule has 2 nitrogen and oxygen atoms in total. The average molecular weight is 180 g/mol. The van der Waals surface area contributed by atoms with Crippen LogP contribution in [0.4, 0.5) is 0 Å². The SMILES string of the molecule is CCCC(N)C(=O)Br. The molecule has 0 radical (unpaired) electrons. The Kier molecular flexibility index (Phi) is 4.09. The van der Waals surface area contributed by atoms with Crippen LogP contribution >= 0.6 is 15.9 Å². The molecule has 0 spiro atoms. The minimum atomic E-state index is -0.306. The second-order valence-corrected chi connectivity index (χ2v) is 2.48. The molecule has 0 rings (SSSR count). The van der Waals surface area contributed by atoms with Crippen LogP contribution in [-0.4, -0.2) is 10.7 Å². The van der Waals surface area contributed by atoms with Crippen LogP contribution in [0.25, 0.3) is 0 Å². The Labute approximate surface area is 57.6 Å². The molecule has 2 N–H and O–H groups in total. The topological polar surface area (TPSA) is 43.1 Å². The van der Waals surface area contributed by atoms with Crippen molar-refractivity contribution in [1.29, 1.82) is 0 Å². The van der Waals surface area contributed by atoms with Crippen molar-refractivity contribution in [2.45, 2.75) is 25.8 Å². The summed E-state index contributed by atoms with van der Waals surface area (Å²) < 4.78 is -0.0978. The third kappa shape index (κ3) is 3.16. The zero-order valence-electron chi connectivity index (χ0n) is 4.86. The molecule has 0 aromatic rings. The van der Waals surface area contributed by atoms with Gasteiger partial charge in [0, 0.05) is 0 Å². The lowest BCUT2D eigenvalue weighted by atomic mass is 10.2. The Hall–Kier alpha value is 0.110. The van der Waals surface area contributed by atoms with Crippen LogP contribution in [0.1, 0.15) is 19.8 Å². The zero-order valence-corrected chi connectivity index (χ0v) is 6.44. The van der Waals surface area contributed by atoms with E-state index < -0.39 is 0 Å². The van der Waals surface area contributed by atoms with Crippen molar-refractivity contribution in [3.63, 3.8) is 0 Å². The molecule has 0 aliphatic carbocycles. The standard InChI is InChI=1S/C5H10BrNO/c1-2-3-4(7)5(6)8/h4H,2-3,7H2,1H3. The molecule has 0 saturated heterocycles. The number of carbonyl (C=O) groups is 1. The molecule has 0 aliphatic heterocycles. The summed E-state index contributed by atoms with van der Waals surface area (Å²) in [4.78, 5) is 10.3. The first-order valence-corrected chi connectivity index (χ1v) is 3.42. The summed E-state index contributed by atoms with van der Waals surface area (Å²) in [6.45, 7) is 2.00. The first-order chi connectivity index (χ1) is 3.68. The highest BCUT2D eigenvalue weighted by molar-refractivity contribution is 9.18. The van der Waals surface area contributed by atoms with E-state index in [1.807, 2.05) is 6.92 Å². The lowest BCUT2D eigenvalue weighted by molar-refractivity contribution is -0.111. The van der Waals surface area contributed by atoms with Crippen LogP contribution in [-0.2, 0) is 4.79 Å². The van der Waals surface area contributed by atoms with Gasteiger partial charge in [-0.15, -0.1) is 0 Å². The van der Waals surface area contributed by atoms with E-state index >= 15 is 0 Å². The maximum atomic E-state index is 10.3. The predicted molar refractivity (Wildman–Crippen MR) is 36.8 cm³/mol. The van der Waals surface area contributed by atoms with Crippen LogP contribution in [0.2, 0.25) is 0 Å². The fourth-order valence-corrected chi connectivity index (χ4v) is 0.653. The molecule has 0 fully saturated rings. The van der Waals surface area contributed by atoms with Gasteiger partial charge in [-0.1, -0.05) is 13.3 Å². The van der Waals surface area contributed by atoms with Gasteiger partial charge >= 0.3 is 0 Å². The number of hydrogen-bond donors (Lipinski definition) is 1. The molecule has 3 heteroatoms. The van der Waals surface area contributed by atoms with Gasteiger partial charge in [-0.05, 0) is 22.4 Å². The predicted octanol–water partition coefficient (Wildman–Crippen LogP) is 1.04. The van der Waals surface area contributed by atoms with Crippen molar-refractivity contribution >= 4 is 20.6 Å². The third-order valence-corrected chi connectivity index (χ3v) is 1.48. The number of nitrogens with two attached hydrogens (primary N) is 1. The summed E-state index contributed by atoms with van der Waals surface area (Å²) >= 11 is 2.78. The molecule has 48 valence electrons. The lowest BCUT2D eigenvalue weighted by Gasteiger charge is -2.00. The second kappa shape index (κ2) is 4.04. The molecule has 0 aromatic heterocycles. The highest BCUT2D eigenvalue weighted by atomic mass is 79.9. The van der Waals surface area contributed by atoms with Gasteiger partial charge in [0.25, 0.3) is 0 Å². The van der Waals surface area contributed by atoms with Gasteiger partial charge in [-0.2, -0.15) is 0 Å². The second-order valence-electron chi connectivity index (χ2n) is 1.70. The molecule has 0 heterocycles. The van der Waals surface area contributed by atoms with Gasteiger partial charge in [0.15, 0.2) is 0 Å². The van der Waals surface area contributed by atoms with Crippen molar-refractivity contribution < 1.29 is 4.79 Å². The third-order valence-electron chi connectivity index (χ3n) is 0.891. The van der Waals surface area contributed by atoms with Crippen molar-refractivity contribution in [2.24, 2.45) is 5.73 Å². The highest BCUT2D eigenvalue weighted by Crippen LogP contribution is 1.98. The average Bonchev–Trinajstić information content (AvgIpc) is 1.67. The number of rotatable bonds is 3. The van der Waals surface area contributed by atoms with E-state index in [0.717, 1.165) is 12.8 Å². The summed E-state index contributed by atoms with van der Waals surface area (Å²) in [6.07, 6.45) is 1.72. The van der Waals surface area contributed by atoms with Crippen molar-refractivity contribution in [3.8, 4) is 0 Å². The van der Waals surface area contributed by atoms with E-state index in [-0.39, 0.29) is 10.7 Å². The van der Waals surface area contributed by atoms with Gasteiger partial charge in [-0.3, -0.25) is 4.79 Å². The summed E-state index contributed by atoms with van der Waals surface area (Å²) in [5.74, 6) is 0. The maximum Gasteiger partial charge on any atom is 0.214 e. The molecule has 0 amide bonds. The van der Waals surface area contributed by atoms with Gasteiger partial charge in [0.05, 0.1) is 6.04 Å². The van der Waals surface area contributed by atoms with Crippen LogP contribution in [0, 0.1) is 0 Å². The van der Waals surface area contributed by atoms with E-state index in [0.29, 0.717) is 0 Å². The fraction of sp³-hybridized carbons (Fsp3) is 0.800. The van der Waals surface area contributed by atoms with Crippen molar-refractivity contribution in [2.75, 3.05) is 0 Å². The molecule has 0 saturated carbocycles. The van der Waals surface area contributed by atoms with Crippen LogP contribution in [0.5, 0.6) is 0 Å². The molecule has 1 atom stereocenters. The van der Waals surface area contributed by atoms with Gasteiger partial charge in [-0.25, -0.2) is 0 Å². The highest BCUT2D eigenvalue weighted by Gasteiger charge is 2.06. The zero-order chi connectivity index (χ0) is 6.57. The van der Waals surface area contributed by atoms with Crippen LogP contribution in [0.3, 0.4) is 0 Å². The molecule has 0 aromatic carbocycles. The number of carbonyl (C=O) groups excluding carboxylic acids is 1. The van der Waals surface area contributed by atoms with E-state index in [1.165, 1.54) is 0 Å². The Balaban J connectivity index is 3.32. The molecular weight excluding hydrogens is 170 g/mol. The van der Waals surface area contributed by atoms with Gasteiger partial charge < -0.3 is 5.73 Å². The van der Waals surface area contributed by atoms with Gasteiger partial charge in [0.2, 0.25) is 4.69 Å². The maximum absolute atomic E-state index is 10.3. The lowest BCUT2D eigenvalue weighted by Crippen LogP contribution is -2.25. The Bertz CT molecular complexity index is 84.5. The smallest absolute Gasteiger partial charge is 0.214 e. The summed E-state index contributed by atoms with van der Waals surface area (Å²) in [6, 6.07) is -0.306. The minimum absolute atomic E-state index is 0.0978. The quantitative estimate of drug-likeness (QED) is 0.659. The largest absolute Gasteiger partial charge is 0.321 e. The number of halogens is 1. The summed E-state index contributed by atoms with van der Waals surface area (Å²) in [5.41, 5.74) is 5.33. The Morgan fingerprint density at radius 3 is 2.50 bits per heavy atom. The summed E-state index contributed by atoms with van der Waals surface area (Å²) in [7, 11) is 0. The van der Waals surface area contributed by atoms with Crippen molar-refractivity contribution in [1.82, 2.24) is 0 Å². The molecule has 0 bridgehead atoms. The van der Waals surface area contributed by atoms with Crippen molar-refractivity contribution in [3.05, 3.63) is 0 Å². The molecule has 1 unspecified atom stereocenters. The van der Waals surface area contributed by atoms with Crippen LogP contribution < -0.4 is 5.73 Å². The summed E-state index contributed by atoms with van der Waals surface area (Å²) in [5, 5.41) is 0. The fourth-order valence-electron chi connectivity index (χ4n) is 0.424. The Morgan fingerprint density at radius 1 is 1.88 bits per heavy atom. The minimum Gasteiger partial charge on any atom is -0.321 e. The van der Waals surface area contributed by atoms with E-state index in [1.54, 1.807) is 0 Å². The van der Waals surface area contributed by atoms with E-state index in [2.05, 4.69) is 15.9 Å². The first-order valence-electron chi connectivity index (χ1n) is 2.63. The monoisotopic (exact) mass is 179 g/mol. The van der Waals surface area contributed by atoms with Crippen LogP contribution in [0.15, 0.2) is 0 Å². The normalized spacial score (nSPS) is 13.4. The number of hydrogen-bond acceptors (Lipinski definition) is 2. The Morgan fingerprint density at radius 2 is 2.38 bits per heavy atom. The first kappa shape index (κ1) is 8.11. The van der Waals surface area contributed by atoms with E-state index in [9.17, 15) is 4.79 Å². The van der Waals surface area contributed by atoms with E-state index in [4.69, 9.17) is 5.73 Å². The molecule has 0 aliphatic rings. The molecule has 8 heavy (non-hydrogen) atoms. The van der Waals surface area contributed by atoms with Gasteiger partial charge in [0.1, 0.15) is 0 Å². The molecular formula is C5H10BrNO.